The molecule has 4 rings (SSSR count). The average Bonchev–Trinajstić information content (AvgIpc) is 2.69. The van der Waals surface area contributed by atoms with Gasteiger partial charge in [-0.15, -0.1) is 0 Å². The Kier molecular flexibility index (Phi) is 4.24. The maximum atomic E-state index is 13.1. The molecule has 0 aliphatic heterocycles. The fraction of sp³-hybridized carbons (Fsp3) is 0.0417. The van der Waals surface area contributed by atoms with E-state index in [4.69, 9.17) is 0 Å². The lowest BCUT2D eigenvalue weighted by atomic mass is 10.0. The van der Waals surface area contributed by atoms with Crippen molar-refractivity contribution in [2.45, 2.75) is 6.92 Å². The fourth-order valence-corrected chi connectivity index (χ4v) is 3.25. The van der Waals surface area contributed by atoms with Crippen LogP contribution < -0.4 is 5.56 Å². The van der Waals surface area contributed by atoms with Crippen LogP contribution in [-0.4, -0.2) is 4.57 Å². The average molecular weight is 337 g/mol. The highest BCUT2D eigenvalue weighted by Gasteiger charge is 2.13. The third-order valence-corrected chi connectivity index (χ3v) is 4.57. The van der Waals surface area contributed by atoms with Gasteiger partial charge in [-0.3, -0.25) is 9.36 Å². The molecule has 2 nitrogen and oxygen atoms in total. The molecule has 0 spiro atoms. The smallest absolute Gasteiger partial charge is 0.256 e. The van der Waals surface area contributed by atoms with E-state index in [1.165, 1.54) is 0 Å². The predicted octanol–water partition coefficient (Wildman–Crippen LogP) is 5.48. The fourth-order valence-electron chi connectivity index (χ4n) is 3.25. The van der Waals surface area contributed by atoms with Gasteiger partial charge in [-0.1, -0.05) is 78.9 Å². The summed E-state index contributed by atoms with van der Waals surface area (Å²) in [5, 5.41) is 0. The van der Waals surface area contributed by atoms with Crippen molar-refractivity contribution >= 4 is 0 Å². The molecular formula is C24H19NO. The van der Waals surface area contributed by atoms with E-state index >= 15 is 0 Å². The van der Waals surface area contributed by atoms with E-state index in [2.05, 4.69) is 6.07 Å². The van der Waals surface area contributed by atoms with Crippen LogP contribution in [-0.2, 0) is 0 Å². The van der Waals surface area contributed by atoms with E-state index in [-0.39, 0.29) is 5.56 Å². The number of hydrogen-bond donors (Lipinski definition) is 0. The second-order valence-corrected chi connectivity index (χ2v) is 6.32. The molecule has 0 aliphatic carbocycles. The number of rotatable bonds is 3. The van der Waals surface area contributed by atoms with E-state index in [0.717, 1.165) is 33.6 Å². The van der Waals surface area contributed by atoms with Crippen LogP contribution in [0.4, 0.5) is 0 Å². The Morgan fingerprint density at radius 2 is 1.19 bits per heavy atom. The molecule has 0 aliphatic rings. The summed E-state index contributed by atoms with van der Waals surface area (Å²) in [7, 11) is 0. The minimum Gasteiger partial charge on any atom is -0.277 e. The van der Waals surface area contributed by atoms with E-state index in [9.17, 15) is 4.79 Å². The summed E-state index contributed by atoms with van der Waals surface area (Å²) in [6.07, 6.45) is 0. The molecular weight excluding hydrogens is 318 g/mol. The van der Waals surface area contributed by atoms with Gasteiger partial charge in [0.1, 0.15) is 0 Å². The van der Waals surface area contributed by atoms with Gasteiger partial charge in [0.05, 0.1) is 11.4 Å². The first-order valence-corrected chi connectivity index (χ1v) is 8.68. The number of nitrogens with zero attached hydrogens (tertiary/aromatic N) is 1. The lowest BCUT2D eigenvalue weighted by Crippen LogP contribution is -2.20. The maximum Gasteiger partial charge on any atom is 0.256 e. The number of aromatic nitrogens is 1. The third-order valence-electron chi connectivity index (χ3n) is 4.57. The van der Waals surface area contributed by atoms with Crippen LogP contribution >= 0.6 is 0 Å². The summed E-state index contributed by atoms with van der Waals surface area (Å²) in [6, 6.07) is 31.9. The van der Waals surface area contributed by atoms with Crippen LogP contribution in [0, 0.1) is 6.92 Å². The molecule has 0 radical (unpaired) electrons. The van der Waals surface area contributed by atoms with Crippen molar-refractivity contribution in [1.29, 1.82) is 0 Å². The zero-order valence-corrected chi connectivity index (χ0v) is 14.6. The molecule has 4 aromatic rings. The summed E-state index contributed by atoms with van der Waals surface area (Å²) in [4.78, 5) is 13.1. The molecule has 0 saturated carbocycles. The Morgan fingerprint density at radius 3 is 1.85 bits per heavy atom. The van der Waals surface area contributed by atoms with Crippen molar-refractivity contribution in [2.24, 2.45) is 0 Å². The van der Waals surface area contributed by atoms with Gasteiger partial charge in [-0.05, 0) is 41.3 Å². The van der Waals surface area contributed by atoms with Gasteiger partial charge in [0.15, 0.2) is 0 Å². The van der Waals surface area contributed by atoms with Crippen LogP contribution in [0.3, 0.4) is 0 Å². The molecule has 0 atom stereocenters. The topological polar surface area (TPSA) is 22.0 Å². The highest BCUT2D eigenvalue weighted by molar-refractivity contribution is 5.72. The summed E-state index contributed by atoms with van der Waals surface area (Å²) >= 11 is 0. The normalized spacial score (nSPS) is 10.7. The van der Waals surface area contributed by atoms with Crippen molar-refractivity contribution in [1.82, 2.24) is 4.57 Å². The first kappa shape index (κ1) is 16.1. The Balaban J connectivity index is 2.03. The molecule has 0 unspecified atom stereocenters. The van der Waals surface area contributed by atoms with Gasteiger partial charge in [0.2, 0.25) is 0 Å². The molecule has 126 valence electrons. The van der Waals surface area contributed by atoms with Crippen molar-refractivity contribution in [3.05, 3.63) is 113 Å². The number of pyridine rings is 1. The second-order valence-electron chi connectivity index (χ2n) is 6.32. The molecule has 1 aromatic heterocycles. The molecule has 0 N–H and O–H groups in total. The van der Waals surface area contributed by atoms with Gasteiger partial charge in [0, 0.05) is 6.07 Å². The Bertz CT molecular complexity index is 1100. The Labute approximate surface area is 153 Å². The molecule has 26 heavy (non-hydrogen) atoms. The van der Waals surface area contributed by atoms with Crippen LogP contribution in [0.5, 0.6) is 0 Å². The zero-order chi connectivity index (χ0) is 17.9. The quantitative estimate of drug-likeness (QED) is 0.485. The van der Waals surface area contributed by atoms with E-state index in [1.54, 1.807) is 10.6 Å². The lowest BCUT2D eigenvalue weighted by molar-refractivity contribution is 0.988. The van der Waals surface area contributed by atoms with Crippen LogP contribution in [0.1, 0.15) is 5.56 Å². The Hall–Kier alpha value is -3.39. The van der Waals surface area contributed by atoms with Crippen molar-refractivity contribution in [3.8, 4) is 28.1 Å². The van der Waals surface area contributed by atoms with Crippen LogP contribution in [0.25, 0.3) is 28.1 Å². The highest BCUT2D eigenvalue weighted by Crippen LogP contribution is 2.27. The summed E-state index contributed by atoms with van der Waals surface area (Å²) in [5.74, 6) is 0. The first-order chi connectivity index (χ1) is 12.7. The SMILES string of the molecule is Cc1ccccc1-n1c(-c2ccccc2)cc(-c2ccccc2)cc1=O. The second kappa shape index (κ2) is 6.85. The minimum absolute atomic E-state index is 0.0282. The monoisotopic (exact) mass is 337 g/mol. The summed E-state index contributed by atoms with van der Waals surface area (Å²) < 4.78 is 1.80. The molecule has 0 amide bonds. The van der Waals surface area contributed by atoms with E-state index in [1.807, 2.05) is 91.9 Å². The van der Waals surface area contributed by atoms with Gasteiger partial charge in [0.25, 0.3) is 5.56 Å². The Morgan fingerprint density at radius 1 is 0.615 bits per heavy atom. The van der Waals surface area contributed by atoms with Gasteiger partial charge in [-0.2, -0.15) is 0 Å². The van der Waals surface area contributed by atoms with E-state index in [0.29, 0.717) is 0 Å². The lowest BCUT2D eigenvalue weighted by Gasteiger charge is -2.17. The summed E-state index contributed by atoms with van der Waals surface area (Å²) in [5.41, 5.74) is 5.84. The molecule has 0 saturated heterocycles. The minimum atomic E-state index is -0.0282. The van der Waals surface area contributed by atoms with Gasteiger partial charge >= 0.3 is 0 Å². The summed E-state index contributed by atoms with van der Waals surface area (Å²) in [6.45, 7) is 2.03. The largest absolute Gasteiger partial charge is 0.277 e. The molecule has 1 heterocycles. The van der Waals surface area contributed by atoms with Crippen molar-refractivity contribution < 1.29 is 0 Å². The predicted molar refractivity (Wildman–Crippen MR) is 108 cm³/mol. The van der Waals surface area contributed by atoms with Gasteiger partial charge < -0.3 is 0 Å². The molecule has 3 aromatic carbocycles. The van der Waals surface area contributed by atoms with Crippen LogP contribution in [0.15, 0.2) is 102 Å². The van der Waals surface area contributed by atoms with Gasteiger partial charge in [-0.25, -0.2) is 0 Å². The number of benzene rings is 3. The molecule has 0 fully saturated rings. The number of para-hydroxylation sites is 1. The first-order valence-electron chi connectivity index (χ1n) is 8.68. The maximum absolute atomic E-state index is 13.1. The third kappa shape index (κ3) is 2.98. The zero-order valence-electron chi connectivity index (χ0n) is 14.6. The highest BCUT2D eigenvalue weighted by atomic mass is 16.1. The number of aryl methyl sites for hydroxylation is 1. The molecule has 2 heteroatoms. The standard InChI is InChI=1S/C24H19NO/c1-18-10-8-9-15-22(18)25-23(20-13-6-3-7-14-20)16-21(17-24(25)26)19-11-4-2-5-12-19/h2-17H,1H3. The molecule has 0 bridgehead atoms. The number of hydrogen-bond acceptors (Lipinski definition) is 1. The van der Waals surface area contributed by atoms with Crippen molar-refractivity contribution in [2.75, 3.05) is 0 Å². The van der Waals surface area contributed by atoms with Crippen molar-refractivity contribution in [3.63, 3.8) is 0 Å². The van der Waals surface area contributed by atoms with Crippen LogP contribution in [0.2, 0.25) is 0 Å². The van der Waals surface area contributed by atoms with E-state index < -0.39 is 0 Å².